The second-order valence-electron chi connectivity index (χ2n) is 6.12. The Bertz CT molecular complexity index is 851. The normalized spacial score (nSPS) is 11.0. The molecule has 1 aromatic carbocycles. The quantitative estimate of drug-likeness (QED) is 0.725. The minimum absolute atomic E-state index is 0.115. The highest BCUT2D eigenvalue weighted by molar-refractivity contribution is 7.13. The molecule has 0 aliphatic rings. The van der Waals surface area contributed by atoms with Crippen LogP contribution in [0.2, 0.25) is 0 Å². The third-order valence-corrected chi connectivity index (χ3v) is 4.87. The molecule has 3 rings (SSSR count). The highest BCUT2D eigenvalue weighted by Crippen LogP contribution is 2.23. The summed E-state index contributed by atoms with van der Waals surface area (Å²) in [6.07, 6.45) is 0. The van der Waals surface area contributed by atoms with Gasteiger partial charge in [0.05, 0.1) is 17.9 Å². The van der Waals surface area contributed by atoms with Gasteiger partial charge in [-0.05, 0) is 18.9 Å². The van der Waals surface area contributed by atoms with Crippen molar-refractivity contribution in [3.05, 3.63) is 58.9 Å². The largest absolute Gasteiger partial charge is 0.345 e. The highest BCUT2D eigenvalue weighted by atomic mass is 32.1. The lowest BCUT2D eigenvalue weighted by Crippen LogP contribution is -2.25. The lowest BCUT2D eigenvalue weighted by Gasteiger charge is -2.05. The predicted molar refractivity (Wildman–Crippen MR) is 101 cm³/mol. The molecule has 0 aliphatic heterocycles. The number of amides is 1. The molecular weight excluding hydrogens is 332 g/mol. The second kappa shape index (κ2) is 7.61. The van der Waals surface area contributed by atoms with Gasteiger partial charge >= 0.3 is 0 Å². The Hall–Kier alpha value is -2.47. The monoisotopic (exact) mass is 354 g/mol. The van der Waals surface area contributed by atoms with Gasteiger partial charge in [0.2, 0.25) is 0 Å². The minimum atomic E-state index is -0.115. The number of aromatic nitrogens is 3. The third-order valence-electron chi connectivity index (χ3n) is 3.93. The van der Waals surface area contributed by atoms with E-state index < -0.39 is 0 Å². The smallest absolute Gasteiger partial charge is 0.269 e. The predicted octanol–water partition coefficient (Wildman–Crippen LogP) is 4.08. The first kappa shape index (κ1) is 17.4. The van der Waals surface area contributed by atoms with Gasteiger partial charge in [0, 0.05) is 17.5 Å². The van der Waals surface area contributed by atoms with Crippen LogP contribution in [-0.2, 0) is 13.1 Å². The Morgan fingerprint density at radius 2 is 2.04 bits per heavy atom. The number of hydrogen-bond acceptors (Lipinski definition) is 4. The SMILES string of the molecule is CCn1nc(C(C)C)cc1C(=O)NCc1csc(-c2ccccc2)n1. The van der Waals surface area contributed by atoms with Crippen LogP contribution in [0.5, 0.6) is 0 Å². The maximum atomic E-state index is 12.5. The molecule has 0 spiro atoms. The van der Waals surface area contributed by atoms with E-state index in [0.29, 0.717) is 24.7 Å². The number of carbonyl (C=O) groups excluding carboxylic acids is 1. The molecule has 5 nitrogen and oxygen atoms in total. The Morgan fingerprint density at radius 3 is 2.72 bits per heavy atom. The van der Waals surface area contributed by atoms with E-state index in [1.807, 2.05) is 48.7 Å². The van der Waals surface area contributed by atoms with Crippen LogP contribution in [0.15, 0.2) is 41.8 Å². The summed E-state index contributed by atoms with van der Waals surface area (Å²) < 4.78 is 1.75. The number of benzene rings is 1. The van der Waals surface area contributed by atoms with Crippen molar-refractivity contribution in [1.29, 1.82) is 0 Å². The molecule has 6 heteroatoms. The number of nitrogens with one attached hydrogen (secondary N) is 1. The van der Waals surface area contributed by atoms with Crippen molar-refractivity contribution in [1.82, 2.24) is 20.1 Å². The van der Waals surface area contributed by atoms with Gasteiger partial charge in [-0.3, -0.25) is 9.48 Å². The number of thiazole rings is 1. The van der Waals surface area contributed by atoms with Gasteiger partial charge in [-0.1, -0.05) is 44.2 Å². The zero-order valence-corrected chi connectivity index (χ0v) is 15.5. The van der Waals surface area contributed by atoms with Crippen LogP contribution in [-0.4, -0.2) is 20.7 Å². The Balaban J connectivity index is 1.68. The molecule has 0 aliphatic carbocycles. The van der Waals surface area contributed by atoms with Crippen molar-refractivity contribution < 1.29 is 4.79 Å². The van der Waals surface area contributed by atoms with Crippen molar-refractivity contribution in [2.75, 3.05) is 0 Å². The molecule has 2 aromatic heterocycles. The first-order valence-electron chi connectivity index (χ1n) is 8.44. The van der Waals surface area contributed by atoms with E-state index in [2.05, 4.69) is 29.2 Å². The van der Waals surface area contributed by atoms with Crippen molar-refractivity contribution >= 4 is 17.2 Å². The fraction of sp³-hybridized carbons (Fsp3) is 0.316. The highest BCUT2D eigenvalue weighted by Gasteiger charge is 2.16. The van der Waals surface area contributed by atoms with Crippen LogP contribution < -0.4 is 5.32 Å². The number of hydrogen-bond donors (Lipinski definition) is 1. The average Bonchev–Trinajstić information content (AvgIpc) is 3.27. The minimum Gasteiger partial charge on any atom is -0.345 e. The Morgan fingerprint density at radius 1 is 1.28 bits per heavy atom. The molecule has 0 fully saturated rings. The summed E-state index contributed by atoms with van der Waals surface area (Å²) in [6, 6.07) is 11.9. The summed E-state index contributed by atoms with van der Waals surface area (Å²) in [5.41, 5.74) is 3.50. The summed E-state index contributed by atoms with van der Waals surface area (Å²) in [4.78, 5) is 17.1. The molecule has 0 radical (unpaired) electrons. The summed E-state index contributed by atoms with van der Waals surface area (Å²) in [6.45, 7) is 7.22. The van der Waals surface area contributed by atoms with Crippen LogP contribution in [0.1, 0.15) is 48.6 Å². The van der Waals surface area contributed by atoms with Crippen molar-refractivity contribution in [3.63, 3.8) is 0 Å². The molecule has 130 valence electrons. The molecule has 25 heavy (non-hydrogen) atoms. The molecule has 0 atom stereocenters. The molecule has 0 unspecified atom stereocenters. The lowest BCUT2D eigenvalue weighted by atomic mass is 10.1. The van der Waals surface area contributed by atoms with Crippen molar-refractivity contribution in [3.8, 4) is 10.6 Å². The molecular formula is C19H22N4OS. The topological polar surface area (TPSA) is 59.8 Å². The summed E-state index contributed by atoms with van der Waals surface area (Å²) in [7, 11) is 0. The second-order valence-corrected chi connectivity index (χ2v) is 6.98. The summed E-state index contributed by atoms with van der Waals surface area (Å²) in [5, 5.41) is 10.4. The van der Waals surface area contributed by atoms with Crippen LogP contribution in [0.25, 0.3) is 10.6 Å². The standard InChI is InChI=1S/C19H22N4OS/c1-4-23-17(10-16(22-23)13(2)3)18(24)20-11-15-12-25-19(21-15)14-8-6-5-7-9-14/h5-10,12-13H,4,11H2,1-3H3,(H,20,24). The molecule has 1 amide bonds. The van der Waals surface area contributed by atoms with Crippen LogP contribution in [0.3, 0.4) is 0 Å². The van der Waals surface area contributed by atoms with Gasteiger partial charge in [-0.15, -0.1) is 11.3 Å². The van der Waals surface area contributed by atoms with Crippen molar-refractivity contribution in [2.24, 2.45) is 0 Å². The van der Waals surface area contributed by atoms with Gasteiger partial charge in [-0.25, -0.2) is 4.98 Å². The fourth-order valence-corrected chi connectivity index (χ4v) is 3.33. The molecule has 0 saturated carbocycles. The summed E-state index contributed by atoms with van der Waals surface area (Å²) in [5.74, 6) is 0.182. The van der Waals surface area contributed by atoms with E-state index in [4.69, 9.17) is 0 Å². The Labute approximate surface area is 151 Å². The van der Waals surface area contributed by atoms with E-state index >= 15 is 0 Å². The number of nitrogens with zero attached hydrogens (tertiary/aromatic N) is 3. The average molecular weight is 354 g/mol. The zero-order chi connectivity index (χ0) is 17.8. The van der Waals surface area contributed by atoms with Crippen LogP contribution in [0.4, 0.5) is 0 Å². The maximum Gasteiger partial charge on any atom is 0.269 e. The van der Waals surface area contributed by atoms with Gasteiger partial charge in [0.1, 0.15) is 10.7 Å². The van der Waals surface area contributed by atoms with Crippen LogP contribution >= 0.6 is 11.3 Å². The lowest BCUT2D eigenvalue weighted by molar-refractivity contribution is 0.0940. The van der Waals surface area contributed by atoms with Gasteiger partial charge < -0.3 is 5.32 Å². The number of carbonyl (C=O) groups is 1. The summed E-state index contributed by atoms with van der Waals surface area (Å²) >= 11 is 1.59. The van der Waals surface area contributed by atoms with Gasteiger partial charge in [0.25, 0.3) is 5.91 Å². The van der Waals surface area contributed by atoms with E-state index in [9.17, 15) is 4.79 Å². The molecule has 0 bridgehead atoms. The molecule has 0 saturated heterocycles. The zero-order valence-electron chi connectivity index (χ0n) is 14.7. The maximum absolute atomic E-state index is 12.5. The molecule has 2 heterocycles. The number of rotatable bonds is 6. The molecule has 3 aromatic rings. The first-order chi connectivity index (χ1) is 12.1. The van der Waals surface area contributed by atoms with E-state index in [-0.39, 0.29) is 5.91 Å². The molecule has 1 N–H and O–H groups in total. The first-order valence-corrected chi connectivity index (χ1v) is 9.32. The van der Waals surface area contributed by atoms with Crippen molar-refractivity contribution in [2.45, 2.75) is 39.8 Å². The van der Waals surface area contributed by atoms with Gasteiger partial charge in [0.15, 0.2) is 0 Å². The number of aryl methyl sites for hydroxylation is 1. The Kier molecular flexibility index (Phi) is 5.28. The fourth-order valence-electron chi connectivity index (χ4n) is 2.51. The van der Waals surface area contributed by atoms with Gasteiger partial charge in [-0.2, -0.15) is 5.10 Å². The van der Waals surface area contributed by atoms with E-state index in [1.165, 1.54) is 0 Å². The van der Waals surface area contributed by atoms with E-state index in [1.54, 1.807) is 16.0 Å². The third kappa shape index (κ3) is 3.96. The van der Waals surface area contributed by atoms with E-state index in [0.717, 1.165) is 22.0 Å². The van der Waals surface area contributed by atoms with Crippen LogP contribution in [0, 0.1) is 0 Å².